The van der Waals surface area contributed by atoms with Crippen molar-refractivity contribution in [3.8, 4) is 0 Å². The van der Waals surface area contributed by atoms with Crippen molar-refractivity contribution in [1.82, 2.24) is 4.98 Å². The van der Waals surface area contributed by atoms with E-state index in [9.17, 15) is 9.00 Å². The first-order valence-electron chi connectivity index (χ1n) is 8.54. The first-order chi connectivity index (χ1) is 13.3. The van der Waals surface area contributed by atoms with E-state index in [1.54, 1.807) is 44.3 Å². The van der Waals surface area contributed by atoms with Crippen molar-refractivity contribution >= 4 is 54.1 Å². The Labute approximate surface area is 180 Å². The molecule has 0 aliphatic carbocycles. The summed E-state index contributed by atoms with van der Waals surface area (Å²) in [5, 5.41) is 7.07. The fraction of sp³-hybridized carbons (Fsp3) is 0.200. The van der Waals surface area contributed by atoms with E-state index in [1.165, 1.54) is 12.1 Å². The lowest BCUT2D eigenvalue weighted by Gasteiger charge is -2.08. The molecular formula is C20H23BrClN3O2S. The average molecular weight is 485 g/mol. The molecule has 2 N–H and O–H groups in total. The van der Waals surface area contributed by atoms with Crippen LogP contribution in [0.25, 0.3) is 0 Å². The van der Waals surface area contributed by atoms with Gasteiger partial charge in [0.05, 0.1) is 36.4 Å². The molecule has 0 amide bonds. The van der Waals surface area contributed by atoms with E-state index in [4.69, 9.17) is 16.7 Å². The second-order valence-corrected chi connectivity index (χ2v) is 8.50. The van der Waals surface area contributed by atoms with Gasteiger partial charge in [-0.25, -0.2) is 9.20 Å². The summed E-state index contributed by atoms with van der Waals surface area (Å²) in [6.07, 6.45) is 3.16. The highest BCUT2D eigenvalue weighted by Gasteiger charge is 2.15. The fourth-order valence-electron chi connectivity index (χ4n) is 2.13. The maximum absolute atomic E-state index is 12.8. The largest absolute Gasteiger partial charge is 0.287 e. The van der Waals surface area contributed by atoms with Crippen LogP contribution in [0.2, 0.25) is 5.02 Å². The summed E-state index contributed by atoms with van der Waals surface area (Å²) >= 11 is 9.44. The molecule has 150 valence electrons. The SMILES string of the molecule is C/C=C(\N=C(C)c1ncccc1Br)C(=O)C=S(N)(=O)c1ccccc1Cl.CC. The molecule has 1 atom stereocenters. The highest BCUT2D eigenvalue weighted by Crippen LogP contribution is 2.20. The number of aliphatic imine (C=N–C) groups is 1. The Hall–Kier alpha value is -1.80. The van der Waals surface area contributed by atoms with E-state index in [1.807, 2.05) is 19.9 Å². The summed E-state index contributed by atoms with van der Waals surface area (Å²) in [5.41, 5.74) is 1.26. The number of ketones is 1. The van der Waals surface area contributed by atoms with Crippen LogP contribution in [0, 0.1) is 0 Å². The van der Waals surface area contributed by atoms with Crippen molar-refractivity contribution in [2.75, 3.05) is 0 Å². The number of hydrogen-bond donors (Lipinski definition) is 1. The topological polar surface area (TPSA) is 85.4 Å². The van der Waals surface area contributed by atoms with Crippen LogP contribution in [0.3, 0.4) is 0 Å². The molecule has 1 unspecified atom stereocenters. The standard InChI is InChI=1S/C18H17BrClN3O2S.C2H6/c1-3-15(23-12(2)18-13(19)7-6-10-22-18)16(24)11-26(21,25)17-9-5-4-8-14(17)20;1-2/h3-11H,1-2H3,(H2,21,25);1-2H3/b15-3-,23-12?;. The molecule has 1 aromatic heterocycles. The minimum absolute atomic E-state index is 0.116. The van der Waals surface area contributed by atoms with Crippen molar-refractivity contribution < 1.29 is 9.00 Å². The smallest absolute Gasteiger partial charge is 0.213 e. The minimum atomic E-state index is -3.25. The van der Waals surface area contributed by atoms with Gasteiger partial charge in [-0.2, -0.15) is 0 Å². The van der Waals surface area contributed by atoms with Crippen LogP contribution in [0.4, 0.5) is 0 Å². The summed E-state index contributed by atoms with van der Waals surface area (Å²) in [7, 11) is -3.25. The number of hydrogen-bond acceptors (Lipinski definition) is 4. The van der Waals surface area contributed by atoms with Crippen molar-refractivity contribution in [1.29, 1.82) is 0 Å². The number of nitrogens with two attached hydrogens (primary N) is 1. The molecule has 0 bridgehead atoms. The van der Waals surface area contributed by atoms with E-state index >= 15 is 0 Å². The van der Waals surface area contributed by atoms with E-state index < -0.39 is 15.5 Å². The lowest BCUT2D eigenvalue weighted by Crippen LogP contribution is -2.21. The lowest BCUT2D eigenvalue weighted by atomic mass is 10.2. The summed E-state index contributed by atoms with van der Waals surface area (Å²) in [6.45, 7) is 7.40. The summed E-state index contributed by atoms with van der Waals surface area (Å²) in [4.78, 5) is 21.3. The fourth-order valence-corrected chi connectivity index (χ4v) is 4.40. The number of aromatic nitrogens is 1. The number of rotatable bonds is 5. The van der Waals surface area contributed by atoms with Gasteiger partial charge in [-0.05, 0) is 54.0 Å². The Bertz CT molecular complexity index is 1030. The van der Waals surface area contributed by atoms with Gasteiger partial charge in [0.2, 0.25) is 5.78 Å². The van der Waals surface area contributed by atoms with E-state index in [0.717, 1.165) is 9.84 Å². The number of carbonyl (C=O) groups excluding carboxylic acids is 1. The summed E-state index contributed by atoms with van der Waals surface area (Å²) in [6, 6.07) is 10.1. The second-order valence-electron chi connectivity index (χ2n) is 5.27. The third-order valence-electron chi connectivity index (χ3n) is 3.38. The minimum Gasteiger partial charge on any atom is -0.287 e. The highest BCUT2D eigenvalue weighted by atomic mass is 79.9. The van der Waals surface area contributed by atoms with Crippen LogP contribution in [-0.2, 0) is 14.5 Å². The quantitative estimate of drug-likeness (QED) is 0.375. The Kier molecular flexibility index (Phi) is 9.75. The molecule has 0 saturated heterocycles. The number of Topliss-reactive ketones (excluding diaryl/α,β-unsaturated/α-hetero) is 1. The normalized spacial score (nSPS) is 13.8. The van der Waals surface area contributed by atoms with Gasteiger partial charge in [-0.3, -0.25) is 14.9 Å². The Morgan fingerprint density at radius 1 is 1.25 bits per heavy atom. The van der Waals surface area contributed by atoms with Gasteiger partial charge in [-0.1, -0.05) is 43.7 Å². The van der Waals surface area contributed by atoms with Crippen LogP contribution < -0.4 is 5.14 Å². The highest BCUT2D eigenvalue weighted by molar-refractivity contribution is 9.10. The maximum atomic E-state index is 12.8. The van der Waals surface area contributed by atoms with Gasteiger partial charge in [-0.15, -0.1) is 0 Å². The van der Waals surface area contributed by atoms with Gasteiger partial charge in [0.25, 0.3) is 0 Å². The zero-order valence-electron chi connectivity index (χ0n) is 16.1. The first-order valence-corrected chi connectivity index (χ1v) is 11.4. The van der Waals surface area contributed by atoms with Gasteiger partial charge >= 0.3 is 0 Å². The van der Waals surface area contributed by atoms with E-state index in [2.05, 4.69) is 25.9 Å². The predicted octanol–water partition coefficient (Wildman–Crippen LogP) is 4.83. The molecule has 2 aromatic rings. The van der Waals surface area contributed by atoms with Crippen molar-refractivity contribution in [3.05, 3.63) is 69.6 Å². The molecule has 1 heterocycles. The first kappa shape index (κ1) is 24.2. The van der Waals surface area contributed by atoms with E-state index in [-0.39, 0.29) is 15.6 Å². The predicted molar refractivity (Wildman–Crippen MR) is 122 cm³/mol. The molecule has 0 aliphatic rings. The number of benzene rings is 1. The summed E-state index contributed by atoms with van der Waals surface area (Å²) in [5.74, 6) is -0.550. The molecule has 0 radical (unpaired) electrons. The molecule has 8 heteroatoms. The molecule has 5 nitrogen and oxygen atoms in total. The molecule has 2 rings (SSSR count). The van der Waals surface area contributed by atoms with Crippen molar-refractivity contribution in [2.45, 2.75) is 32.6 Å². The number of allylic oxidation sites excluding steroid dienone is 2. The van der Waals surface area contributed by atoms with Gasteiger partial charge in [0.15, 0.2) is 0 Å². The molecule has 28 heavy (non-hydrogen) atoms. The molecule has 0 saturated carbocycles. The van der Waals surface area contributed by atoms with Gasteiger partial charge in [0, 0.05) is 10.7 Å². The lowest BCUT2D eigenvalue weighted by molar-refractivity contribution is -0.109. The van der Waals surface area contributed by atoms with Gasteiger partial charge < -0.3 is 0 Å². The number of carbonyl (C=O) groups is 1. The Balaban J connectivity index is 0.00000190. The van der Waals surface area contributed by atoms with Gasteiger partial charge in [0.1, 0.15) is 5.70 Å². The number of nitrogens with zero attached hydrogens (tertiary/aromatic N) is 2. The molecule has 0 spiro atoms. The van der Waals surface area contributed by atoms with Crippen LogP contribution in [0.15, 0.2) is 68.7 Å². The third kappa shape index (κ3) is 6.38. The molecule has 0 aliphatic heterocycles. The Morgan fingerprint density at radius 3 is 2.46 bits per heavy atom. The molecule has 1 aromatic carbocycles. The third-order valence-corrected chi connectivity index (χ3v) is 6.07. The number of pyridine rings is 1. The monoisotopic (exact) mass is 483 g/mol. The van der Waals surface area contributed by atoms with Crippen molar-refractivity contribution in [2.24, 2.45) is 10.1 Å². The van der Waals surface area contributed by atoms with Crippen molar-refractivity contribution in [3.63, 3.8) is 0 Å². The second kappa shape index (κ2) is 11.3. The van der Waals surface area contributed by atoms with Crippen LogP contribution in [0.1, 0.15) is 33.4 Å². The molecular weight excluding hydrogens is 462 g/mol. The summed E-state index contributed by atoms with van der Waals surface area (Å²) < 4.78 is 13.5. The zero-order valence-corrected chi connectivity index (χ0v) is 19.3. The van der Waals surface area contributed by atoms with Crippen LogP contribution >= 0.6 is 27.5 Å². The van der Waals surface area contributed by atoms with E-state index in [0.29, 0.717) is 11.4 Å². The molecule has 0 fully saturated rings. The number of halogens is 2. The van der Waals surface area contributed by atoms with Crippen LogP contribution in [0.5, 0.6) is 0 Å². The zero-order chi connectivity index (χ0) is 21.3. The average Bonchev–Trinajstić information content (AvgIpc) is 2.67. The Morgan fingerprint density at radius 2 is 1.89 bits per heavy atom. The van der Waals surface area contributed by atoms with Crippen LogP contribution in [-0.4, -0.2) is 26.1 Å². The maximum Gasteiger partial charge on any atom is 0.213 e.